The number of nitrogens with zero attached hydrogens (tertiary/aromatic N) is 2. The fourth-order valence-electron chi connectivity index (χ4n) is 2.81. The first-order chi connectivity index (χ1) is 8.94. The molecule has 1 aromatic heterocycles. The molecule has 1 heterocycles. The Morgan fingerprint density at radius 2 is 1.89 bits per heavy atom. The maximum atomic E-state index is 6.05. The zero-order chi connectivity index (χ0) is 13.9. The van der Waals surface area contributed by atoms with E-state index in [0.717, 1.165) is 24.4 Å². The van der Waals surface area contributed by atoms with Gasteiger partial charge in [0.2, 0.25) is 0 Å². The predicted octanol–water partition coefficient (Wildman–Crippen LogP) is 3.50. The second kappa shape index (κ2) is 6.00. The predicted molar refractivity (Wildman–Crippen MR) is 79.2 cm³/mol. The Hall–Kier alpha value is -0.960. The van der Waals surface area contributed by atoms with Gasteiger partial charge in [0, 0.05) is 29.3 Å². The third-order valence-electron chi connectivity index (χ3n) is 3.94. The topological polar surface area (TPSA) is 51.8 Å². The second-order valence-electron chi connectivity index (χ2n) is 6.67. The molecule has 2 N–H and O–H groups in total. The van der Waals surface area contributed by atoms with Gasteiger partial charge in [0.15, 0.2) is 0 Å². The van der Waals surface area contributed by atoms with Crippen LogP contribution in [-0.4, -0.2) is 15.5 Å². The molecule has 2 rings (SSSR count). The number of hydrogen-bond donors (Lipinski definition) is 1. The van der Waals surface area contributed by atoms with E-state index in [4.69, 9.17) is 10.7 Å². The van der Waals surface area contributed by atoms with Gasteiger partial charge in [-0.25, -0.2) is 9.97 Å². The van der Waals surface area contributed by atoms with Gasteiger partial charge in [-0.1, -0.05) is 19.3 Å². The van der Waals surface area contributed by atoms with Crippen molar-refractivity contribution in [2.75, 3.05) is 0 Å². The standard InChI is InChI=1S/C16H27N3/c1-12-11-14(13-7-5-4-6-8-13)19-15(18-12)9-10-16(2,3)17/h11,13H,4-10,17H2,1-3H3. The van der Waals surface area contributed by atoms with Gasteiger partial charge in [-0.3, -0.25) is 0 Å². The molecule has 1 aliphatic rings. The van der Waals surface area contributed by atoms with E-state index in [1.54, 1.807) is 0 Å². The van der Waals surface area contributed by atoms with Crippen molar-refractivity contribution in [3.63, 3.8) is 0 Å². The zero-order valence-corrected chi connectivity index (χ0v) is 12.6. The molecule has 3 heteroatoms. The van der Waals surface area contributed by atoms with Crippen LogP contribution in [0.15, 0.2) is 6.07 Å². The summed E-state index contributed by atoms with van der Waals surface area (Å²) in [6.45, 7) is 6.20. The molecule has 0 saturated heterocycles. The number of aryl methyl sites for hydroxylation is 2. The van der Waals surface area contributed by atoms with Crippen molar-refractivity contribution in [3.05, 3.63) is 23.3 Å². The molecule has 0 aliphatic heterocycles. The van der Waals surface area contributed by atoms with Gasteiger partial charge >= 0.3 is 0 Å². The summed E-state index contributed by atoms with van der Waals surface area (Å²) in [5.74, 6) is 1.62. The van der Waals surface area contributed by atoms with Gasteiger partial charge in [0.1, 0.15) is 5.82 Å². The minimum atomic E-state index is -0.141. The van der Waals surface area contributed by atoms with Crippen LogP contribution in [0, 0.1) is 6.92 Å². The molecule has 0 aromatic carbocycles. The lowest BCUT2D eigenvalue weighted by molar-refractivity contribution is 0.432. The fraction of sp³-hybridized carbons (Fsp3) is 0.750. The summed E-state index contributed by atoms with van der Waals surface area (Å²) in [7, 11) is 0. The number of hydrogen-bond acceptors (Lipinski definition) is 3. The molecule has 1 aliphatic carbocycles. The highest BCUT2D eigenvalue weighted by Gasteiger charge is 2.18. The number of nitrogens with two attached hydrogens (primary N) is 1. The molecule has 1 saturated carbocycles. The SMILES string of the molecule is Cc1cc(C2CCCCC2)nc(CCC(C)(C)N)n1. The smallest absolute Gasteiger partial charge is 0.128 e. The van der Waals surface area contributed by atoms with Crippen molar-refractivity contribution in [3.8, 4) is 0 Å². The third kappa shape index (κ3) is 4.57. The molecular weight excluding hydrogens is 234 g/mol. The van der Waals surface area contributed by atoms with Crippen LogP contribution in [0.4, 0.5) is 0 Å². The summed E-state index contributed by atoms with van der Waals surface area (Å²) in [4.78, 5) is 9.36. The third-order valence-corrected chi connectivity index (χ3v) is 3.94. The highest BCUT2D eigenvalue weighted by molar-refractivity contribution is 5.15. The van der Waals surface area contributed by atoms with Crippen LogP contribution in [0.25, 0.3) is 0 Å². The van der Waals surface area contributed by atoms with E-state index in [1.165, 1.54) is 37.8 Å². The van der Waals surface area contributed by atoms with Crippen LogP contribution >= 0.6 is 0 Å². The van der Waals surface area contributed by atoms with E-state index in [9.17, 15) is 0 Å². The molecular formula is C16H27N3. The first-order valence-corrected chi connectivity index (χ1v) is 7.57. The van der Waals surface area contributed by atoms with Gasteiger partial charge in [-0.05, 0) is 46.1 Å². The minimum absolute atomic E-state index is 0.141. The quantitative estimate of drug-likeness (QED) is 0.902. The molecule has 1 fully saturated rings. The normalized spacial score (nSPS) is 17.7. The van der Waals surface area contributed by atoms with Gasteiger partial charge in [0.05, 0.1) is 0 Å². The summed E-state index contributed by atoms with van der Waals surface area (Å²) in [6, 6.07) is 2.17. The highest BCUT2D eigenvalue weighted by atomic mass is 14.9. The lowest BCUT2D eigenvalue weighted by Crippen LogP contribution is -2.32. The monoisotopic (exact) mass is 261 g/mol. The Labute approximate surface area is 117 Å². The first kappa shape index (κ1) is 14.4. The van der Waals surface area contributed by atoms with E-state index in [1.807, 2.05) is 0 Å². The van der Waals surface area contributed by atoms with Gasteiger partial charge in [-0.15, -0.1) is 0 Å². The van der Waals surface area contributed by atoms with E-state index in [2.05, 4.69) is 31.8 Å². The van der Waals surface area contributed by atoms with Gasteiger partial charge in [-0.2, -0.15) is 0 Å². The van der Waals surface area contributed by atoms with E-state index < -0.39 is 0 Å². The van der Waals surface area contributed by atoms with Crippen molar-refractivity contribution in [2.45, 2.75) is 77.2 Å². The second-order valence-corrected chi connectivity index (χ2v) is 6.67. The molecule has 0 spiro atoms. The molecule has 0 unspecified atom stereocenters. The van der Waals surface area contributed by atoms with E-state index >= 15 is 0 Å². The average molecular weight is 261 g/mol. The van der Waals surface area contributed by atoms with Crippen molar-refractivity contribution in [1.82, 2.24) is 9.97 Å². The van der Waals surface area contributed by atoms with E-state index in [0.29, 0.717) is 5.92 Å². The lowest BCUT2D eigenvalue weighted by Gasteiger charge is -2.22. The molecule has 19 heavy (non-hydrogen) atoms. The molecule has 1 aromatic rings. The molecule has 0 radical (unpaired) electrons. The number of aromatic nitrogens is 2. The fourth-order valence-corrected chi connectivity index (χ4v) is 2.81. The summed E-state index contributed by atoms with van der Waals surface area (Å²) in [5.41, 5.74) is 8.26. The van der Waals surface area contributed by atoms with Crippen LogP contribution in [0.2, 0.25) is 0 Å². The van der Waals surface area contributed by atoms with Crippen molar-refractivity contribution in [1.29, 1.82) is 0 Å². The van der Waals surface area contributed by atoms with Crippen molar-refractivity contribution >= 4 is 0 Å². The van der Waals surface area contributed by atoms with Gasteiger partial charge < -0.3 is 5.73 Å². The van der Waals surface area contributed by atoms with E-state index in [-0.39, 0.29) is 5.54 Å². The zero-order valence-electron chi connectivity index (χ0n) is 12.6. The molecule has 106 valence electrons. The Bertz CT molecular complexity index is 414. The molecule has 0 atom stereocenters. The largest absolute Gasteiger partial charge is 0.326 e. The first-order valence-electron chi connectivity index (χ1n) is 7.57. The summed E-state index contributed by atoms with van der Waals surface area (Å²) in [6.07, 6.45) is 8.47. The summed E-state index contributed by atoms with van der Waals surface area (Å²) in [5, 5.41) is 0. The maximum absolute atomic E-state index is 6.05. The maximum Gasteiger partial charge on any atom is 0.128 e. The Kier molecular flexibility index (Phi) is 4.56. The molecule has 3 nitrogen and oxygen atoms in total. The highest BCUT2D eigenvalue weighted by Crippen LogP contribution is 2.31. The van der Waals surface area contributed by atoms with Crippen LogP contribution in [0.3, 0.4) is 0 Å². The average Bonchev–Trinajstić information content (AvgIpc) is 2.36. The lowest BCUT2D eigenvalue weighted by atomic mass is 9.86. The molecule has 0 bridgehead atoms. The van der Waals surface area contributed by atoms with Gasteiger partial charge in [0.25, 0.3) is 0 Å². The van der Waals surface area contributed by atoms with Crippen LogP contribution in [0.1, 0.15) is 75.5 Å². The minimum Gasteiger partial charge on any atom is -0.326 e. The Morgan fingerprint density at radius 3 is 2.53 bits per heavy atom. The Balaban J connectivity index is 2.10. The van der Waals surface area contributed by atoms with Crippen molar-refractivity contribution < 1.29 is 0 Å². The number of rotatable bonds is 4. The Morgan fingerprint density at radius 1 is 1.21 bits per heavy atom. The van der Waals surface area contributed by atoms with Crippen LogP contribution in [0.5, 0.6) is 0 Å². The molecule has 0 amide bonds. The summed E-state index contributed by atoms with van der Waals surface area (Å²) < 4.78 is 0. The van der Waals surface area contributed by atoms with Crippen LogP contribution < -0.4 is 5.73 Å². The van der Waals surface area contributed by atoms with Crippen molar-refractivity contribution in [2.24, 2.45) is 5.73 Å². The summed E-state index contributed by atoms with van der Waals surface area (Å²) >= 11 is 0. The van der Waals surface area contributed by atoms with Crippen LogP contribution in [-0.2, 0) is 6.42 Å².